The molecule has 138 valence electrons. The Kier molecular flexibility index (Phi) is 3.54. The number of primary sulfonamides is 1. The molecule has 2 saturated carbocycles. The lowest BCUT2D eigenvalue weighted by molar-refractivity contribution is 0.370. The normalized spacial score (nSPS) is 23.1. The molecule has 0 amide bonds. The van der Waals surface area contributed by atoms with E-state index >= 15 is 0 Å². The number of aromatic nitrogens is 2. The smallest absolute Gasteiger partial charge is 0.238 e. The maximum atomic E-state index is 11.4. The average Bonchev–Trinajstić information content (AvgIpc) is 3.60. The Morgan fingerprint density at radius 2 is 1.70 bits per heavy atom. The third kappa shape index (κ3) is 2.87. The number of sulfonamides is 1. The Hall–Kier alpha value is -2.51. The van der Waals surface area contributed by atoms with Crippen LogP contribution in [-0.2, 0) is 15.4 Å². The van der Waals surface area contributed by atoms with Gasteiger partial charge in [-0.1, -0.05) is 47.6 Å². The van der Waals surface area contributed by atoms with E-state index < -0.39 is 10.0 Å². The summed E-state index contributed by atoms with van der Waals surface area (Å²) in [6.45, 7) is 0. The summed E-state index contributed by atoms with van der Waals surface area (Å²) in [5.41, 5.74) is 2.21. The van der Waals surface area contributed by atoms with E-state index in [1.54, 1.807) is 12.1 Å². The molecule has 0 saturated heterocycles. The minimum atomic E-state index is -3.66. The van der Waals surface area contributed by atoms with Gasteiger partial charge in [-0.05, 0) is 48.4 Å². The number of rotatable bonds is 5. The molecule has 2 aliphatic rings. The van der Waals surface area contributed by atoms with E-state index in [2.05, 4.69) is 17.3 Å². The van der Waals surface area contributed by atoms with E-state index in [4.69, 9.17) is 14.6 Å². The molecule has 6 nitrogen and oxygen atoms in total. The summed E-state index contributed by atoms with van der Waals surface area (Å²) in [5.74, 6) is 1.92. The summed E-state index contributed by atoms with van der Waals surface area (Å²) in [7, 11) is -3.66. The first-order valence-corrected chi connectivity index (χ1v) is 10.5. The van der Waals surface area contributed by atoms with E-state index in [9.17, 15) is 8.42 Å². The van der Waals surface area contributed by atoms with Gasteiger partial charge in [0.2, 0.25) is 15.9 Å². The van der Waals surface area contributed by atoms with Crippen LogP contribution < -0.4 is 5.14 Å². The van der Waals surface area contributed by atoms with Gasteiger partial charge in [0.05, 0.1) is 10.3 Å². The monoisotopic (exact) mass is 381 g/mol. The zero-order valence-corrected chi connectivity index (χ0v) is 15.4. The Labute approximate surface area is 157 Å². The Morgan fingerprint density at radius 3 is 2.33 bits per heavy atom. The lowest BCUT2D eigenvalue weighted by Crippen LogP contribution is -2.11. The summed E-state index contributed by atoms with van der Waals surface area (Å²) in [5, 5.41) is 9.43. The fourth-order valence-electron chi connectivity index (χ4n) is 3.84. The van der Waals surface area contributed by atoms with Crippen LogP contribution in [0.1, 0.15) is 53.9 Å². The molecule has 0 spiro atoms. The van der Waals surface area contributed by atoms with Crippen LogP contribution in [0, 0.1) is 0 Å². The first-order chi connectivity index (χ1) is 13.0. The number of hydrogen-bond donors (Lipinski definition) is 1. The molecule has 27 heavy (non-hydrogen) atoms. The van der Waals surface area contributed by atoms with Gasteiger partial charge in [-0.3, -0.25) is 0 Å². The predicted molar refractivity (Wildman–Crippen MR) is 98.7 cm³/mol. The molecule has 0 unspecified atom stereocenters. The fraction of sp³-hybridized carbons (Fsp3) is 0.300. The van der Waals surface area contributed by atoms with Crippen molar-refractivity contribution in [2.75, 3.05) is 0 Å². The number of hydrogen-bond acceptors (Lipinski definition) is 5. The number of nitrogens with two attached hydrogens (primary N) is 1. The molecule has 0 radical (unpaired) electrons. The van der Waals surface area contributed by atoms with Crippen LogP contribution in [0.4, 0.5) is 0 Å². The van der Waals surface area contributed by atoms with E-state index in [-0.39, 0.29) is 22.1 Å². The molecule has 2 aliphatic carbocycles. The maximum absolute atomic E-state index is 11.4. The molecule has 7 heteroatoms. The zero-order valence-electron chi connectivity index (χ0n) is 14.6. The van der Waals surface area contributed by atoms with Gasteiger partial charge in [-0.15, -0.1) is 0 Å². The predicted octanol–water partition coefficient (Wildman–Crippen LogP) is 3.07. The van der Waals surface area contributed by atoms with Gasteiger partial charge in [0.15, 0.2) is 5.82 Å². The molecule has 0 bridgehead atoms. The quantitative estimate of drug-likeness (QED) is 0.732. The lowest BCUT2D eigenvalue weighted by atomic mass is 9.95. The van der Waals surface area contributed by atoms with Crippen molar-refractivity contribution in [2.24, 2.45) is 5.14 Å². The van der Waals surface area contributed by atoms with Crippen LogP contribution in [0.25, 0.3) is 0 Å². The van der Waals surface area contributed by atoms with Crippen LogP contribution in [-0.4, -0.2) is 18.6 Å². The van der Waals surface area contributed by atoms with Gasteiger partial charge >= 0.3 is 0 Å². The summed E-state index contributed by atoms with van der Waals surface area (Å²) >= 11 is 0. The van der Waals surface area contributed by atoms with Crippen molar-refractivity contribution in [3.63, 3.8) is 0 Å². The lowest BCUT2D eigenvalue weighted by Gasteiger charge is -2.10. The topological polar surface area (TPSA) is 99.1 Å². The van der Waals surface area contributed by atoms with Crippen molar-refractivity contribution in [2.45, 2.75) is 41.4 Å². The highest BCUT2D eigenvalue weighted by Gasteiger charge is 2.51. The largest absolute Gasteiger partial charge is 0.339 e. The Balaban J connectivity index is 1.35. The number of nitrogens with zero attached hydrogens (tertiary/aromatic N) is 2. The van der Waals surface area contributed by atoms with Gasteiger partial charge in [0.1, 0.15) is 0 Å². The molecule has 2 N–H and O–H groups in total. The van der Waals surface area contributed by atoms with Crippen molar-refractivity contribution in [3.8, 4) is 0 Å². The second-order valence-corrected chi connectivity index (χ2v) is 9.03. The van der Waals surface area contributed by atoms with Gasteiger partial charge in [0.25, 0.3) is 0 Å². The van der Waals surface area contributed by atoms with Gasteiger partial charge in [0, 0.05) is 5.92 Å². The van der Waals surface area contributed by atoms with Crippen LogP contribution in [0.3, 0.4) is 0 Å². The summed E-state index contributed by atoms with van der Waals surface area (Å²) in [4.78, 5) is 4.85. The highest BCUT2D eigenvalue weighted by Crippen LogP contribution is 2.56. The molecule has 1 heterocycles. The molecule has 0 aliphatic heterocycles. The Morgan fingerprint density at radius 1 is 1.00 bits per heavy atom. The minimum Gasteiger partial charge on any atom is -0.339 e. The Bertz CT molecular complexity index is 1090. The standard InChI is InChI=1S/C20H19N3O3S/c21-27(24,25)15-8-6-13(7-9-15)16-12-17(16)18-22-19(23-26-18)20(10-11-20)14-4-2-1-3-5-14/h1-9,16-17H,10-12H2,(H2,21,24,25)/t16-,17+/m0/s1. The SMILES string of the molecule is NS(=O)(=O)c1ccc([C@@H]2C[C@H]2c2nc(C3(c4ccccc4)CC3)no2)cc1. The average molecular weight is 381 g/mol. The van der Waals surface area contributed by atoms with Gasteiger partial charge in [-0.25, -0.2) is 13.6 Å². The molecule has 2 aromatic carbocycles. The van der Waals surface area contributed by atoms with Crippen LogP contribution in [0.5, 0.6) is 0 Å². The van der Waals surface area contributed by atoms with Crippen molar-refractivity contribution in [1.82, 2.24) is 10.1 Å². The fourth-order valence-corrected chi connectivity index (χ4v) is 4.36. The van der Waals surface area contributed by atoms with Crippen LogP contribution in [0.2, 0.25) is 0 Å². The van der Waals surface area contributed by atoms with Crippen LogP contribution in [0.15, 0.2) is 64.0 Å². The van der Waals surface area contributed by atoms with Crippen molar-refractivity contribution in [1.29, 1.82) is 0 Å². The van der Waals surface area contributed by atoms with E-state index in [1.807, 2.05) is 30.3 Å². The van der Waals surface area contributed by atoms with E-state index in [0.29, 0.717) is 5.89 Å². The van der Waals surface area contributed by atoms with E-state index in [1.165, 1.54) is 5.56 Å². The molecule has 3 aromatic rings. The third-order valence-electron chi connectivity index (χ3n) is 5.69. The van der Waals surface area contributed by atoms with Crippen molar-refractivity contribution in [3.05, 3.63) is 77.4 Å². The minimum absolute atomic E-state index is 0.0927. The van der Waals surface area contributed by atoms with Crippen LogP contribution >= 0.6 is 0 Å². The molecule has 5 rings (SSSR count). The van der Waals surface area contributed by atoms with Gasteiger partial charge in [-0.2, -0.15) is 4.98 Å². The first-order valence-electron chi connectivity index (χ1n) is 9.00. The third-order valence-corrected chi connectivity index (χ3v) is 6.62. The summed E-state index contributed by atoms with van der Waals surface area (Å²) in [6.07, 6.45) is 3.01. The zero-order chi connectivity index (χ0) is 18.6. The molecule has 2 atom stereocenters. The summed E-state index contributed by atoms with van der Waals surface area (Å²) < 4.78 is 28.3. The molecule has 2 fully saturated rings. The molecule has 1 aromatic heterocycles. The molecular formula is C20H19N3O3S. The number of benzene rings is 2. The van der Waals surface area contributed by atoms with Crippen molar-refractivity contribution >= 4 is 10.0 Å². The highest BCUT2D eigenvalue weighted by atomic mass is 32.2. The maximum Gasteiger partial charge on any atom is 0.238 e. The van der Waals surface area contributed by atoms with E-state index in [0.717, 1.165) is 30.7 Å². The first kappa shape index (κ1) is 16.6. The summed E-state index contributed by atoms with van der Waals surface area (Å²) in [6, 6.07) is 17.1. The van der Waals surface area contributed by atoms with Gasteiger partial charge < -0.3 is 4.52 Å². The highest BCUT2D eigenvalue weighted by molar-refractivity contribution is 7.89. The second kappa shape index (κ2) is 5.74. The molecular weight excluding hydrogens is 362 g/mol. The second-order valence-electron chi connectivity index (χ2n) is 7.47. The van der Waals surface area contributed by atoms with Crippen molar-refractivity contribution < 1.29 is 12.9 Å².